The van der Waals surface area contributed by atoms with Gasteiger partial charge in [-0.25, -0.2) is 8.42 Å². The van der Waals surface area contributed by atoms with Crippen LogP contribution >= 0.6 is 11.6 Å². The number of aryl methyl sites for hydroxylation is 2. The molecule has 0 heterocycles. The molecule has 0 aliphatic heterocycles. The van der Waals surface area contributed by atoms with E-state index >= 15 is 0 Å². The maximum atomic E-state index is 14.1. The summed E-state index contributed by atoms with van der Waals surface area (Å²) in [4.78, 5) is 29.0. The summed E-state index contributed by atoms with van der Waals surface area (Å²) in [6.45, 7) is 9.09. The highest BCUT2D eigenvalue weighted by molar-refractivity contribution is 7.92. The van der Waals surface area contributed by atoms with Gasteiger partial charge in [-0.05, 0) is 80.6 Å². The van der Waals surface area contributed by atoms with E-state index in [0.29, 0.717) is 22.7 Å². The van der Waals surface area contributed by atoms with Crippen LogP contribution in [0.2, 0.25) is 5.02 Å². The van der Waals surface area contributed by atoms with Crippen LogP contribution in [-0.2, 0) is 26.2 Å². The van der Waals surface area contributed by atoms with Gasteiger partial charge in [-0.2, -0.15) is 0 Å². The minimum Gasteiger partial charge on any atom is -0.352 e. The fraction of sp³-hybridized carbons (Fsp3) is 0.355. The molecule has 7 nitrogen and oxygen atoms in total. The summed E-state index contributed by atoms with van der Waals surface area (Å²) < 4.78 is 28.9. The van der Waals surface area contributed by atoms with E-state index in [1.54, 1.807) is 48.5 Å². The molecule has 3 aromatic rings. The third-order valence-electron chi connectivity index (χ3n) is 7.07. The highest BCUT2D eigenvalue weighted by Gasteiger charge is 2.34. The number of sulfonamides is 1. The molecule has 0 saturated carbocycles. The van der Waals surface area contributed by atoms with Crippen LogP contribution in [0.1, 0.15) is 50.3 Å². The number of hydrogen-bond acceptors (Lipinski definition) is 4. The van der Waals surface area contributed by atoms with E-state index in [1.807, 2.05) is 46.8 Å². The molecule has 0 aliphatic rings. The van der Waals surface area contributed by atoms with Gasteiger partial charge in [-0.1, -0.05) is 67.9 Å². The van der Waals surface area contributed by atoms with Crippen LogP contribution in [-0.4, -0.2) is 43.8 Å². The number of benzene rings is 3. The Morgan fingerprint density at radius 2 is 1.55 bits per heavy atom. The topological polar surface area (TPSA) is 86.8 Å². The van der Waals surface area contributed by atoms with E-state index < -0.39 is 28.5 Å². The van der Waals surface area contributed by atoms with Crippen molar-refractivity contribution in [2.45, 2.75) is 71.0 Å². The fourth-order valence-electron chi connectivity index (χ4n) is 4.30. The van der Waals surface area contributed by atoms with Crippen LogP contribution in [0.5, 0.6) is 0 Å². The summed E-state index contributed by atoms with van der Waals surface area (Å²) >= 11 is 6.45. The average molecular weight is 584 g/mol. The largest absolute Gasteiger partial charge is 0.352 e. The van der Waals surface area contributed by atoms with E-state index in [1.165, 1.54) is 17.0 Å². The fourth-order valence-corrected chi connectivity index (χ4v) is 5.92. The van der Waals surface area contributed by atoms with E-state index in [9.17, 15) is 18.0 Å². The lowest BCUT2D eigenvalue weighted by molar-refractivity contribution is -0.140. The van der Waals surface area contributed by atoms with Crippen molar-refractivity contribution in [2.75, 3.05) is 10.8 Å². The summed E-state index contributed by atoms with van der Waals surface area (Å²) in [6.07, 6.45) is 1.07. The van der Waals surface area contributed by atoms with E-state index in [0.717, 1.165) is 21.9 Å². The lowest BCUT2D eigenvalue weighted by Gasteiger charge is -2.34. The molecule has 214 valence electrons. The van der Waals surface area contributed by atoms with Gasteiger partial charge in [-0.15, -0.1) is 0 Å². The van der Waals surface area contributed by atoms with Crippen molar-refractivity contribution in [3.8, 4) is 0 Å². The Labute approximate surface area is 243 Å². The molecule has 0 bridgehead atoms. The van der Waals surface area contributed by atoms with Crippen molar-refractivity contribution in [3.63, 3.8) is 0 Å². The van der Waals surface area contributed by atoms with Crippen LogP contribution in [0.15, 0.2) is 77.7 Å². The van der Waals surface area contributed by atoms with E-state index in [4.69, 9.17) is 11.6 Å². The minimum atomic E-state index is -4.11. The van der Waals surface area contributed by atoms with Gasteiger partial charge in [-0.3, -0.25) is 13.9 Å². The van der Waals surface area contributed by atoms with Crippen molar-refractivity contribution in [1.82, 2.24) is 10.2 Å². The molecule has 40 heavy (non-hydrogen) atoms. The molecule has 0 saturated heterocycles. The van der Waals surface area contributed by atoms with Gasteiger partial charge in [0.05, 0.1) is 10.6 Å². The smallest absolute Gasteiger partial charge is 0.264 e. The van der Waals surface area contributed by atoms with Crippen LogP contribution in [0.4, 0.5) is 5.69 Å². The molecule has 3 rings (SSSR count). The maximum Gasteiger partial charge on any atom is 0.264 e. The third kappa shape index (κ3) is 7.43. The molecule has 0 radical (unpaired) electrons. The maximum absolute atomic E-state index is 14.1. The second-order valence-electron chi connectivity index (χ2n) is 9.95. The minimum absolute atomic E-state index is 0.0527. The number of rotatable bonds is 12. The average Bonchev–Trinajstić information content (AvgIpc) is 2.94. The standard InChI is InChI=1S/C31H38ClN3O4S/c1-6-24(5)33-31(37)29(7-2)34(20-25-13-11-12-16-28(25)32)30(36)21-35(26-18-17-22(3)23(4)19-26)40(38,39)27-14-9-8-10-15-27/h8-19,24,29H,6-7,20-21H2,1-5H3,(H,33,37)/t24-,29+/m1/s1. The number of nitrogens with one attached hydrogen (secondary N) is 1. The van der Waals surface area contributed by atoms with Crippen molar-refractivity contribution >= 4 is 39.1 Å². The quantitative estimate of drug-likeness (QED) is 0.289. The molecule has 0 aliphatic carbocycles. The third-order valence-corrected chi connectivity index (χ3v) is 9.23. The molecule has 2 atom stereocenters. The number of hydrogen-bond donors (Lipinski definition) is 1. The zero-order valence-corrected chi connectivity index (χ0v) is 25.3. The summed E-state index contributed by atoms with van der Waals surface area (Å²) in [5, 5.41) is 3.43. The van der Waals surface area contributed by atoms with E-state index in [-0.39, 0.29) is 23.4 Å². The van der Waals surface area contributed by atoms with Crippen molar-refractivity contribution in [1.29, 1.82) is 0 Å². The van der Waals surface area contributed by atoms with Crippen molar-refractivity contribution in [2.24, 2.45) is 0 Å². The molecule has 0 fully saturated rings. The highest BCUT2D eigenvalue weighted by atomic mass is 35.5. The van der Waals surface area contributed by atoms with Gasteiger partial charge < -0.3 is 10.2 Å². The summed E-state index contributed by atoms with van der Waals surface area (Å²) in [5.41, 5.74) is 2.93. The number of anilines is 1. The van der Waals surface area contributed by atoms with Crippen molar-refractivity contribution < 1.29 is 18.0 Å². The Morgan fingerprint density at radius 1 is 0.900 bits per heavy atom. The number of amides is 2. The Morgan fingerprint density at radius 3 is 2.15 bits per heavy atom. The first-order chi connectivity index (χ1) is 19.0. The Bertz CT molecular complexity index is 1430. The number of carbonyl (C=O) groups is 2. The van der Waals surface area contributed by atoms with Gasteiger partial charge in [0.2, 0.25) is 11.8 Å². The second-order valence-corrected chi connectivity index (χ2v) is 12.2. The molecular weight excluding hydrogens is 546 g/mol. The van der Waals surface area contributed by atoms with Gasteiger partial charge in [0.1, 0.15) is 12.6 Å². The molecule has 0 spiro atoms. The number of carbonyl (C=O) groups excluding carboxylic acids is 2. The highest BCUT2D eigenvalue weighted by Crippen LogP contribution is 2.27. The van der Waals surface area contributed by atoms with Crippen LogP contribution in [0.3, 0.4) is 0 Å². The molecule has 9 heteroatoms. The van der Waals surface area contributed by atoms with Gasteiger partial charge >= 0.3 is 0 Å². The number of nitrogens with zero attached hydrogens (tertiary/aromatic N) is 2. The summed E-state index contributed by atoms with van der Waals surface area (Å²) in [6, 6.07) is 19.5. The normalized spacial score (nSPS) is 12.8. The zero-order chi connectivity index (χ0) is 29.4. The molecular formula is C31H38ClN3O4S. The number of halogens is 1. The molecule has 2 amide bonds. The lowest BCUT2D eigenvalue weighted by atomic mass is 10.1. The lowest BCUT2D eigenvalue weighted by Crippen LogP contribution is -2.53. The van der Waals surface area contributed by atoms with E-state index in [2.05, 4.69) is 5.32 Å². The second kappa shape index (κ2) is 13.8. The van der Waals surface area contributed by atoms with Crippen LogP contribution in [0, 0.1) is 13.8 Å². The zero-order valence-electron chi connectivity index (χ0n) is 23.7. The molecule has 0 unspecified atom stereocenters. The van der Waals surface area contributed by atoms with Gasteiger partial charge in [0, 0.05) is 17.6 Å². The molecule has 0 aromatic heterocycles. The predicted molar refractivity (Wildman–Crippen MR) is 161 cm³/mol. The van der Waals surface area contributed by atoms with Gasteiger partial charge in [0.15, 0.2) is 0 Å². The molecule has 3 aromatic carbocycles. The summed E-state index contributed by atoms with van der Waals surface area (Å²) in [7, 11) is -4.11. The monoisotopic (exact) mass is 583 g/mol. The Hall–Kier alpha value is -3.36. The Kier molecular flexibility index (Phi) is 10.8. The first kappa shape index (κ1) is 31.2. The first-order valence-electron chi connectivity index (χ1n) is 13.5. The SMILES string of the molecule is CC[C@@H](C)NC(=O)[C@H](CC)N(Cc1ccccc1Cl)C(=O)CN(c1ccc(C)c(C)c1)S(=O)(=O)c1ccccc1. The van der Waals surface area contributed by atoms with Crippen LogP contribution in [0.25, 0.3) is 0 Å². The Balaban J connectivity index is 2.08. The van der Waals surface area contributed by atoms with Crippen molar-refractivity contribution in [3.05, 3.63) is 94.5 Å². The summed E-state index contributed by atoms with van der Waals surface area (Å²) in [5.74, 6) is -0.801. The van der Waals surface area contributed by atoms with Crippen LogP contribution < -0.4 is 9.62 Å². The van der Waals surface area contributed by atoms with Gasteiger partial charge in [0.25, 0.3) is 10.0 Å². The molecule has 1 N–H and O–H groups in total. The first-order valence-corrected chi connectivity index (χ1v) is 15.3. The predicted octanol–water partition coefficient (Wildman–Crippen LogP) is 5.87.